The van der Waals surface area contributed by atoms with Crippen LogP contribution >= 0.6 is 23.2 Å². The lowest BCUT2D eigenvalue weighted by Crippen LogP contribution is -1.89. The van der Waals surface area contributed by atoms with Crippen LogP contribution in [0.2, 0.25) is 10.3 Å². The Morgan fingerprint density at radius 1 is 1.07 bits per heavy atom. The minimum absolute atomic E-state index is 0.387. The normalized spacial score (nSPS) is 10.3. The zero-order valence-electron chi connectivity index (χ0n) is 7.91. The average molecular weight is 240 g/mol. The van der Waals surface area contributed by atoms with Crippen molar-refractivity contribution in [1.29, 1.82) is 0 Å². The lowest BCUT2D eigenvalue weighted by Gasteiger charge is -2.03. The first-order valence-corrected chi connectivity index (χ1v) is 5.02. The van der Waals surface area contributed by atoms with Crippen LogP contribution in [-0.2, 0) is 0 Å². The van der Waals surface area contributed by atoms with E-state index in [0.717, 1.165) is 11.1 Å². The highest BCUT2D eigenvalue weighted by Gasteiger charge is 2.07. The molecule has 5 heteroatoms. The van der Waals surface area contributed by atoms with Crippen LogP contribution in [0.3, 0.4) is 0 Å². The van der Waals surface area contributed by atoms with Crippen molar-refractivity contribution in [1.82, 2.24) is 15.0 Å². The Morgan fingerprint density at radius 2 is 1.87 bits per heavy atom. The summed E-state index contributed by atoms with van der Waals surface area (Å²) in [6.07, 6.45) is 3.10. The highest BCUT2D eigenvalue weighted by Crippen LogP contribution is 2.25. The molecular formula is C10H7Cl2N3. The predicted octanol–water partition coefficient (Wildman–Crippen LogP) is 3.15. The third-order valence-corrected chi connectivity index (χ3v) is 2.39. The molecule has 0 saturated carbocycles. The van der Waals surface area contributed by atoms with Gasteiger partial charge in [-0.2, -0.15) is 0 Å². The van der Waals surface area contributed by atoms with Gasteiger partial charge in [0, 0.05) is 17.8 Å². The summed E-state index contributed by atoms with van der Waals surface area (Å²) in [6.45, 7) is 1.94. The third kappa shape index (κ3) is 2.25. The Hall–Kier alpha value is -1.19. The molecule has 0 spiro atoms. The van der Waals surface area contributed by atoms with Crippen molar-refractivity contribution in [2.75, 3.05) is 0 Å². The van der Waals surface area contributed by atoms with Gasteiger partial charge in [-0.25, -0.2) is 15.0 Å². The molecule has 2 heterocycles. The topological polar surface area (TPSA) is 38.7 Å². The molecule has 0 aliphatic rings. The van der Waals surface area contributed by atoms with Crippen molar-refractivity contribution in [2.45, 2.75) is 6.92 Å². The molecule has 0 saturated heterocycles. The molecule has 3 nitrogen and oxygen atoms in total. The molecule has 2 aromatic heterocycles. The Labute approximate surface area is 97.1 Å². The van der Waals surface area contributed by atoms with E-state index in [1.54, 1.807) is 12.3 Å². The highest BCUT2D eigenvalue weighted by atomic mass is 35.5. The molecule has 0 aliphatic heterocycles. The van der Waals surface area contributed by atoms with E-state index in [4.69, 9.17) is 23.2 Å². The van der Waals surface area contributed by atoms with Crippen molar-refractivity contribution in [3.05, 3.63) is 40.5 Å². The summed E-state index contributed by atoms with van der Waals surface area (Å²) in [5.74, 6) is 0. The van der Waals surface area contributed by atoms with Crippen molar-refractivity contribution in [3.8, 4) is 11.3 Å². The molecule has 0 fully saturated rings. The molecule has 0 radical (unpaired) electrons. The number of aromatic nitrogens is 3. The maximum atomic E-state index is 5.97. The van der Waals surface area contributed by atoms with Gasteiger partial charge in [-0.3, -0.25) is 0 Å². The standard InChI is InChI=1S/C10H7Cl2N3/c1-6-2-7(10(12)13-4-6)8-3-9(11)15-5-14-8/h2-5H,1H3. The second-order valence-electron chi connectivity index (χ2n) is 3.08. The van der Waals surface area contributed by atoms with Crippen LogP contribution in [0, 0.1) is 6.92 Å². The SMILES string of the molecule is Cc1cnc(Cl)c(-c2cc(Cl)ncn2)c1. The number of hydrogen-bond donors (Lipinski definition) is 0. The predicted molar refractivity (Wildman–Crippen MR) is 60.0 cm³/mol. The van der Waals surface area contributed by atoms with E-state index in [0.29, 0.717) is 16.0 Å². The van der Waals surface area contributed by atoms with Gasteiger partial charge in [-0.05, 0) is 18.6 Å². The fourth-order valence-corrected chi connectivity index (χ4v) is 1.56. The van der Waals surface area contributed by atoms with Gasteiger partial charge in [-0.15, -0.1) is 0 Å². The van der Waals surface area contributed by atoms with Gasteiger partial charge in [-0.1, -0.05) is 23.2 Å². The molecule has 0 aromatic carbocycles. The lowest BCUT2D eigenvalue weighted by molar-refractivity contribution is 1.16. The number of rotatable bonds is 1. The fraction of sp³-hybridized carbons (Fsp3) is 0.100. The van der Waals surface area contributed by atoms with Crippen LogP contribution in [0.5, 0.6) is 0 Å². The molecule has 2 aromatic rings. The van der Waals surface area contributed by atoms with Crippen molar-refractivity contribution < 1.29 is 0 Å². The average Bonchev–Trinajstić information content (AvgIpc) is 2.22. The number of pyridine rings is 1. The molecule has 15 heavy (non-hydrogen) atoms. The van der Waals surface area contributed by atoms with Crippen molar-refractivity contribution in [3.63, 3.8) is 0 Å². The molecule has 0 bridgehead atoms. The van der Waals surface area contributed by atoms with E-state index >= 15 is 0 Å². The maximum Gasteiger partial charge on any atom is 0.138 e. The summed E-state index contributed by atoms with van der Waals surface area (Å²) in [4.78, 5) is 11.9. The van der Waals surface area contributed by atoms with Crippen molar-refractivity contribution >= 4 is 23.2 Å². The molecule has 76 valence electrons. The van der Waals surface area contributed by atoms with Crippen LogP contribution in [-0.4, -0.2) is 15.0 Å². The summed E-state index contributed by atoms with van der Waals surface area (Å²) in [5.41, 5.74) is 2.46. The molecular weight excluding hydrogens is 233 g/mol. The summed E-state index contributed by atoms with van der Waals surface area (Å²) in [5, 5.41) is 0.799. The first-order chi connectivity index (χ1) is 7.16. The number of aryl methyl sites for hydroxylation is 1. The fourth-order valence-electron chi connectivity index (χ4n) is 1.21. The quantitative estimate of drug-likeness (QED) is 0.567. The molecule has 0 aliphatic carbocycles. The van der Waals surface area contributed by atoms with E-state index in [1.165, 1.54) is 6.33 Å². The second-order valence-corrected chi connectivity index (χ2v) is 3.82. The monoisotopic (exact) mass is 239 g/mol. The van der Waals surface area contributed by atoms with Gasteiger partial charge in [0.1, 0.15) is 16.6 Å². The molecule has 0 atom stereocenters. The second kappa shape index (κ2) is 4.13. The minimum atomic E-state index is 0.387. The molecule has 0 unspecified atom stereocenters. The van der Waals surface area contributed by atoms with E-state index in [1.807, 2.05) is 13.0 Å². The Bertz CT molecular complexity index is 500. The van der Waals surface area contributed by atoms with Crippen LogP contribution in [0.15, 0.2) is 24.7 Å². The Kier molecular flexibility index (Phi) is 2.84. The van der Waals surface area contributed by atoms with Gasteiger partial charge < -0.3 is 0 Å². The zero-order valence-corrected chi connectivity index (χ0v) is 9.42. The number of nitrogens with zero attached hydrogens (tertiary/aromatic N) is 3. The van der Waals surface area contributed by atoms with Crippen LogP contribution in [0.4, 0.5) is 0 Å². The van der Waals surface area contributed by atoms with E-state index in [2.05, 4.69) is 15.0 Å². The molecule has 2 rings (SSSR count). The number of halogens is 2. The van der Waals surface area contributed by atoms with Crippen LogP contribution < -0.4 is 0 Å². The first kappa shape index (κ1) is 10.3. The van der Waals surface area contributed by atoms with Gasteiger partial charge in [0.25, 0.3) is 0 Å². The van der Waals surface area contributed by atoms with E-state index in [9.17, 15) is 0 Å². The largest absolute Gasteiger partial charge is 0.244 e. The maximum absolute atomic E-state index is 5.97. The van der Waals surface area contributed by atoms with Crippen molar-refractivity contribution in [2.24, 2.45) is 0 Å². The number of hydrogen-bond acceptors (Lipinski definition) is 3. The third-order valence-electron chi connectivity index (χ3n) is 1.89. The molecule has 0 amide bonds. The van der Waals surface area contributed by atoms with Gasteiger partial charge in [0.15, 0.2) is 0 Å². The summed E-state index contributed by atoms with van der Waals surface area (Å²) >= 11 is 11.7. The Morgan fingerprint density at radius 3 is 2.60 bits per heavy atom. The summed E-state index contributed by atoms with van der Waals surface area (Å²) in [6, 6.07) is 3.57. The zero-order chi connectivity index (χ0) is 10.8. The van der Waals surface area contributed by atoms with Gasteiger partial charge in [0.2, 0.25) is 0 Å². The van der Waals surface area contributed by atoms with Gasteiger partial charge in [0.05, 0.1) is 5.69 Å². The van der Waals surface area contributed by atoms with E-state index < -0.39 is 0 Å². The Balaban J connectivity index is 2.58. The smallest absolute Gasteiger partial charge is 0.138 e. The first-order valence-electron chi connectivity index (χ1n) is 4.27. The summed E-state index contributed by atoms with van der Waals surface area (Å²) in [7, 11) is 0. The minimum Gasteiger partial charge on any atom is -0.244 e. The van der Waals surface area contributed by atoms with Crippen LogP contribution in [0.25, 0.3) is 11.3 Å². The van der Waals surface area contributed by atoms with Crippen LogP contribution in [0.1, 0.15) is 5.56 Å². The van der Waals surface area contributed by atoms with Gasteiger partial charge >= 0.3 is 0 Å². The lowest BCUT2D eigenvalue weighted by atomic mass is 10.1. The summed E-state index contributed by atoms with van der Waals surface area (Å²) < 4.78 is 0. The highest BCUT2D eigenvalue weighted by molar-refractivity contribution is 6.32. The van der Waals surface area contributed by atoms with E-state index in [-0.39, 0.29) is 0 Å². The molecule has 0 N–H and O–H groups in total.